The molecule has 1 aliphatic rings. The molecule has 110 valence electrons. The van der Waals surface area contributed by atoms with E-state index in [0.717, 1.165) is 24.3 Å². The summed E-state index contributed by atoms with van der Waals surface area (Å²) in [6.07, 6.45) is 2.89. The Labute approximate surface area is 129 Å². The van der Waals surface area contributed by atoms with E-state index in [0.29, 0.717) is 6.42 Å². The van der Waals surface area contributed by atoms with E-state index in [-0.39, 0.29) is 11.4 Å². The molecule has 1 aliphatic carbocycles. The molecule has 0 spiro atoms. The quantitative estimate of drug-likeness (QED) is 0.739. The van der Waals surface area contributed by atoms with Gasteiger partial charge in [-0.05, 0) is 40.3 Å². The number of thioether (sulfide) groups is 1. The SMILES string of the molecule is COC(=O)CC1(CSCc2cccc3ccccc23)CC1. The standard InChI is InChI=1S/C18H20O2S/c1-20-17(19)11-18(9-10-18)13-21-12-15-7-4-6-14-5-2-3-8-16(14)15/h2-8H,9-13H2,1H3. The van der Waals surface area contributed by atoms with E-state index in [2.05, 4.69) is 42.5 Å². The van der Waals surface area contributed by atoms with Gasteiger partial charge in [0, 0.05) is 5.75 Å². The molecule has 21 heavy (non-hydrogen) atoms. The molecule has 0 unspecified atom stereocenters. The lowest BCUT2D eigenvalue weighted by Gasteiger charge is -2.13. The van der Waals surface area contributed by atoms with Crippen molar-refractivity contribution in [3.05, 3.63) is 48.0 Å². The molecule has 0 radical (unpaired) electrons. The highest BCUT2D eigenvalue weighted by molar-refractivity contribution is 7.98. The Morgan fingerprint density at radius 3 is 2.71 bits per heavy atom. The molecule has 0 aromatic heterocycles. The minimum atomic E-state index is -0.0711. The molecule has 0 bridgehead atoms. The topological polar surface area (TPSA) is 26.3 Å². The average Bonchev–Trinajstić information content (AvgIpc) is 3.27. The minimum Gasteiger partial charge on any atom is -0.469 e. The number of esters is 1. The fourth-order valence-electron chi connectivity index (χ4n) is 2.72. The summed E-state index contributed by atoms with van der Waals surface area (Å²) in [5.74, 6) is 1.98. The smallest absolute Gasteiger partial charge is 0.306 e. The Hall–Kier alpha value is -1.48. The lowest BCUT2D eigenvalue weighted by Crippen LogP contribution is -2.13. The van der Waals surface area contributed by atoms with Crippen LogP contribution >= 0.6 is 11.8 Å². The Morgan fingerprint density at radius 1 is 1.19 bits per heavy atom. The molecule has 0 atom stereocenters. The lowest BCUT2D eigenvalue weighted by atomic mass is 10.1. The van der Waals surface area contributed by atoms with Gasteiger partial charge in [-0.1, -0.05) is 42.5 Å². The maximum Gasteiger partial charge on any atom is 0.306 e. The first-order chi connectivity index (χ1) is 10.2. The molecule has 1 saturated carbocycles. The van der Waals surface area contributed by atoms with Crippen molar-refractivity contribution in [2.24, 2.45) is 5.41 Å². The van der Waals surface area contributed by atoms with Crippen LogP contribution in [-0.4, -0.2) is 18.8 Å². The van der Waals surface area contributed by atoms with Crippen molar-refractivity contribution in [2.45, 2.75) is 25.0 Å². The van der Waals surface area contributed by atoms with E-state index in [4.69, 9.17) is 4.74 Å². The number of rotatable bonds is 6. The summed E-state index contributed by atoms with van der Waals surface area (Å²) in [6.45, 7) is 0. The Morgan fingerprint density at radius 2 is 1.95 bits per heavy atom. The van der Waals surface area contributed by atoms with Crippen LogP contribution in [0, 0.1) is 5.41 Å². The number of benzene rings is 2. The Balaban J connectivity index is 1.61. The molecule has 0 N–H and O–H groups in total. The molecule has 0 aliphatic heterocycles. The zero-order chi connectivity index (χ0) is 14.7. The van der Waals surface area contributed by atoms with Crippen LogP contribution in [0.5, 0.6) is 0 Å². The molecular weight excluding hydrogens is 280 g/mol. The van der Waals surface area contributed by atoms with Crippen LogP contribution < -0.4 is 0 Å². The van der Waals surface area contributed by atoms with E-state index in [1.807, 2.05) is 11.8 Å². The molecule has 2 aromatic rings. The van der Waals surface area contributed by atoms with E-state index < -0.39 is 0 Å². The molecule has 0 saturated heterocycles. The molecule has 0 amide bonds. The third-order valence-electron chi connectivity index (χ3n) is 4.25. The summed E-state index contributed by atoms with van der Waals surface area (Å²) < 4.78 is 4.80. The van der Waals surface area contributed by atoms with Crippen molar-refractivity contribution in [1.29, 1.82) is 0 Å². The van der Waals surface area contributed by atoms with Crippen LogP contribution in [0.3, 0.4) is 0 Å². The first-order valence-electron chi connectivity index (χ1n) is 7.34. The van der Waals surface area contributed by atoms with Gasteiger partial charge in [0.25, 0.3) is 0 Å². The van der Waals surface area contributed by atoms with E-state index >= 15 is 0 Å². The van der Waals surface area contributed by atoms with E-state index in [1.165, 1.54) is 23.4 Å². The van der Waals surface area contributed by atoms with Crippen molar-refractivity contribution < 1.29 is 9.53 Å². The maximum atomic E-state index is 11.4. The highest BCUT2D eigenvalue weighted by Gasteiger charge is 2.44. The highest BCUT2D eigenvalue weighted by Crippen LogP contribution is 2.51. The minimum absolute atomic E-state index is 0.0711. The zero-order valence-electron chi connectivity index (χ0n) is 12.3. The summed E-state index contributed by atoms with van der Waals surface area (Å²) >= 11 is 1.94. The molecule has 0 heterocycles. The number of hydrogen-bond acceptors (Lipinski definition) is 3. The van der Waals surface area contributed by atoms with E-state index in [1.54, 1.807) is 0 Å². The Bertz CT molecular complexity index is 641. The van der Waals surface area contributed by atoms with Gasteiger partial charge in [0.1, 0.15) is 0 Å². The van der Waals surface area contributed by atoms with Gasteiger partial charge >= 0.3 is 5.97 Å². The second-order valence-corrected chi connectivity index (χ2v) is 6.87. The van der Waals surface area contributed by atoms with Crippen molar-refractivity contribution >= 4 is 28.5 Å². The van der Waals surface area contributed by atoms with Crippen molar-refractivity contribution in [3.8, 4) is 0 Å². The number of hydrogen-bond donors (Lipinski definition) is 0. The van der Waals surface area contributed by atoms with Crippen LogP contribution in [0.1, 0.15) is 24.8 Å². The van der Waals surface area contributed by atoms with E-state index in [9.17, 15) is 4.79 Å². The van der Waals surface area contributed by atoms with Gasteiger partial charge in [0.15, 0.2) is 0 Å². The molecule has 3 heteroatoms. The normalized spacial score (nSPS) is 15.9. The Kier molecular flexibility index (Phi) is 4.20. The van der Waals surface area contributed by atoms with Gasteiger partial charge in [-0.25, -0.2) is 0 Å². The monoisotopic (exact) mass is 300 g/mol. The van der Waals surface area contributed by atoms with Crippen molar-refractivity contribution in [1.82, 2.24) is 0 Å². The van der Waals surface area contributed by atoms with Gasteiger partial charge in [0.2, 0.25) is 0 Å². The maximum absolute atomic E-state index is 11.4. The second kappa shape index (κ2) is 6.10. The first-order valence-corrected chi connectivity index (χ1v) is 8.49. The zero-order valence-corrected chi connectivity index (χ0v) is 13.1. The van der Waals surface area contributed by atoms with Crippen LogP contribution in [0.25, 0.3) is 10.8 Å². The van der Waals surface area contributed by atoms with Crippen LogP contribution in [-0.2, 0) is 15.3 Å². The molecular formula is C18H20O2S. The average molecular weight is 300 g/mol. The predicted molar refractivity (Wildman–Crippen MR) is 88.4 cm³/mol. The summed E-state index contributed by atoms with van der Waals surface area (Å²) in [4.78, 5) is 11.4. The third kappa shape index (κ3) is 3.41. The summed E-state index contributed by atoms with van der Waals surface area (Å²) in [5, 5.41) is 2.64. The molecule has 2 nitrogen and oxygen atoms in total. The van der Waals surface area contributed by atoms with Gasteiger partial charge in [-0.15, -0.1) is 0 Å². The van der Waals surface area contributed by atoms with Crippen molar-refractivity contribution in [3.63, 3.8) is 0 Å². The number of carbonyl (C=O) groups excluding carboxylic acids is 1. The molecule has 2 aromatic carbocycles. The van der Waals surface area contributed by atoms with Crippen LogP contribution in [0.15, 0.2) is 42.5 Å². The first kappa shape index (κ1) is 14.5. The lowest BCUT2D eigenvalue weighted by molar-refractivity contribution is -0.141. The summed E-state index contributed by atoms with van der Waals surface area (Å²) in [7, 11) is 1.47. The van der Waals surface area contributed by atoms with Crippen molar-refractivity contribution in [2.75, 3.05) is 12.9 Å². The number of carbonyl (C=O) groups is 1. The fraction of sp³-hybridized carbons (Fsp3) is 0.389. The van der Waals surface area contributed by atoms with Gasteiger partial charge < -0.3 is 4.74 Å². The molecule has 3 rings (SSSR count). The highest BCUT2D eigenvalue weighted by atomic mass is 32.2. The van der Waals surface area contributed by atoms with Crippen LogP contribution in [0.4, 0.5) is 0 Å². The van der Waals surface area contributed by atoms with Gasteiger partial charge in [-0.2, -0.15) is 11.8 Å². The predicted octanol–water partition coefficient (Wildman–Crippen LogP) is 4.42. The number of fused-ring (bicyclic) bond motifs is 1. The van der Waals surface area contributed by atoms with Gasteiger partial charge in [0.05, 0.1) is 13.5 Å². The third-order valence-corrected chi connectivity index (χ3v) is 5.58. The fourth-order valence-corrected chi connectivity index (χ4v) is 4.12. The second-order valence-electron chi connectivity index (χ2n) is 5.88. The largest absolute Gasteiger partial charge is 0.469 e. The number of ether oxygens (including phenoxy) is 1. The molecule has 1 fully saturated rings. The number of methoxy groups -OCH3 is 1. The van der Waals surface area contributed by atoms with Gasteiger partial charge in [-0.3, -0.25) is 4.79 Å². The summed E-state index contributed by atoms with van der Waals surface area (Å²) in [5.41, 5.74) is 1.59. The summed E-state index contributed by atoms with van der Waals surface area (Å²) in [6, 6.07) is 15.0. The van der Waals surface area contributed by atoms with Crippen LogP contribution in [0.2, 0.25) is 0 Å².